The second-order valence-electron chi connectivity index (χ2n) is 5.33. The second-order valence-corrected chi connectivity index (χ2v) is 5.33. The van der Waals surface area contributed by atoms with E-state index in [1.165, 1.54) is 0 Å². The first-order chi connectivity index (χ1) is 11.0. The van der Waals surface area contributed by atoms with E-state index in [2.05, 4.69) is 20.8 Å². The lowest BCUT2D eigenvalue weighted by Crippen LogP contribution is -2.29. The molecule has 0 aliphatic heterocycles. The molecule has 3 rings (SSSR count). The first-order valence-electron chi connectivity index (χ1n) is 7.16. The lowest BCUT2D eigenvalue weighted by atomic mass is 10.1. The normalized spacial score (nSPS) is 10.5. The molecule has 0 aliphatic carbocycles. The van der Waals surface area contributed by atoms with Crippen LogP contribution in [-0.4, -0.2) is 22.0 Å². The van der Waals surface area contributed by atoms with Gasteiger partial charge in [0.2, 0.25) is 0 Å². The smallest absolute Gasteiger partial charge is 0.314 e. The Morgan fingerprint density at radius 1 is 1.04 bits per heavy atom. The van der Waals surface area contributed by atoms with Gasteiger partial charge in [-0.1, -0.05) is 12.1 Å². The molecule has 0 atom stereocenters. The zero-order chi connectivity index (χ0) is 16.4. The van der Waals surface area contributed by atoms with E-state index in [1.807, 2.05) is 32.0 Å². The Morgan fingerprint density at radius 3 is 2.65 bits per heavy atom. The van der Waals surface area contributed by atoms with Crippen molar-refractivity contribution >= 4 is 34.1 Å². The number of rotatable bonds is 2. The van der Waals surface area contributed by atoms with E-state index in [4.69, 9.17) is 0 Å². The summed E-state index contributed by atoms with van der Waals surface area (Å²) in [6.45, 7) is 3.85. The minimum Gasteiger partial charge on any atom is -0.318 e. The lowest BCUT2D eigenvalue weighted by molar-refractivity contribution is -0.133. The molecule has 0 saturated carbocycles. The van der Waals surface area contributed by atoms with Crippen molar-refractivity contribution in [1.29, 1.82) is 0 Å². The monoisotopic (exact) mass is 308 g/mol. The molecule has 2 amide bonds. The number of nitrogens with one attached hydrogen (secondary N) is 3. The molecule has 0 aliphatic rings. The van der Waals surface area contributed by atoms with Gasteiger partial charge in [-0.05, 0) is 49.2 Å². The maximum Gasteiger partial charge on any atom is 0.314 e. The number of benzene rings is 2. The summed E-state index contributed by atoms with van der Waals surface area (Å²) in [5.41, 5.74) is 3.94. The standard InChI is InChI=1S/C17H16N4O2/c1-10-4-3-5-14(11(10)2)20-17(23)16(22)19-13-7-6-12-9-18-21-15(12)8-13/h3-9H,1-2H3,(H,18,21)(H,19,22)(H,20,23). The molecule has 6 nitrogen and oxygen atoms in total. The Kier molecular flexibility index (Phi) is 3.80. The third-order valence-corrected chi connectivity index (χ3v) is 3.76. The fraction of sp³-hybridized carbons (Fsp3) is 0.118. The predicted octanol–water partition coefficient (Wildman–Crippen LogP) is 2.76. The van der Waals surface area contributed by atoms with Crippen molar-refractivity contribution in [2.24, 2.45) is 0 Å². The van der Waals surface area contributed by atoms with Crippen LogP contribution in [0.3, 0.4) is 0 Å². The summed E-state index contributed by atoms with van der Waals surface area (Å²) in [6, 6.07) is 10.8. The maximum atomic E-state index is 12.1. The van der Waals surface area contributed by atoms with Gasteiger partial charge in [0.1, 0.15) is 0 Å². The van der Waals surface area contributed by atoms with E-state index in [1.54, 1.807) is 24.4 Å². The number of aromatic amines is 1. The largest absolute Gasteiger partial charge is 0.318 e. The van der Waals surface area contributed by atoms with Crippen molar-refractivity contribution in [2.75, 3.05) is 10.6 Å². The van der Waals surface area contributed by atoms with Crippen LogP contribution >= 0.6 is 0 Å². The topological polar surface area (TPSA) is 86.9 Å². The quantitative estimate of drug-likeness (QED) is 0.636. The van der Waals surface area contributed by atoms with Gasteiger partial charge in [0, 0.05) is 16.8 Å². The summed E-state index contributed by atoms with van der Waals surface area (Å²) in [7, 11) is 0. The number of aromatic nitrogens is 2. The van der Waals surface area contributed by atoms with Crippen molar-refractivity contribution in [1.82, 2.24) is 10.2 Å². The second kappa shape index (κ2) is 5.92. The molecule has 116 valence electrons. The number of carbonyl (C=O) groups excluding carboxylic acids is 2. The summed E-state index contributed by atoms with van der Waals surface area (Å²) in [5.74, 6) is -1.42. The van der Waals surface area contributed by atoms with Gasteiger partial charge in [-0.3, -0.25) is 14.7 Å². The van der Waals surface area contributed by atoms with Crippen LogP contribution in [0.1, 0.15) is 11.1 Å². The Balaban J connectivity index is 1.72. The SMILES string of the molecule is Cc1cccc(NC(=O)C(=O)Nc2ccc3cn[nH]c3c2)c1C. The van der Waals surface area contributed by atoms with Crippen LogP contribution in [0.25, 0.3) is 10.9 Å². The van der Waals surface area contributed by atoms with E-state index in [0.29, 0.717) is 11.4 Å². The van der Waals surface area contributed by atoms with Gasteiger partial charge in [0.15, 0.2) is 0 Å². The molecule has 0 fully saturated rings. The molecule has 6 heteroatoms. The van der Waals surface area contributed by atoms with Crippen molar-refractivity contribution in [3.05, 3.63) is 53.7 Å². The number of anilines is 2. The minimum absolute atomic E-state index is 0.530. The molecule has 2 aromatic carbocycles. The molecular formula is C17H16N4O2. The van der Waals surface area contributed by atoms with Crippen molar-refractivity contribution < 1.29 is 9.59 Å². The van der Waals surface area contributed by atoms with E-state index in [9.17, 15) is 9.59 Å². The molecule has 3 aromatic rings. The Morgan fingerprint density at radius 2 is 1.83 bits per heavy atom. The molecule has 0 saturated heterocycles. The van der Waals surface area contributed by atoms with Gasteiger partial charge in [-0.2, -0.15) is 5.10 Å². The van der Waals surface area contributed by atoms with Crippen LogP contribution in [0.2, 0.25) is 0 Å². The van der Waals surface area contributed by atoms with Gasteiger partial charge in [-0.15, -0.1) is 0 Å². The highest BCUT2D eigenvalue weighted by atomic mass is 16.2. The summed E-state index contributed by atoms with van der Waals surface area (Å²) < 4.78 is 0. The van der Waals surface area contributed by atoms with Gasteiger partial charge in [-0.25, -0.2) is 0 Å². The van der Waals surface area contributed by atoms with Crippen LogP contribution in [-0.2, 0) is 9.59 Å². The number of fused-ring (bicyclic) bond motifs is 1. The molecule has 0 spiro atoms. The van der Waals surface area contributed by atoms with Crippen LogP contribution in [0.4, 0.5) is 11.4 Å². The van der Waals surface area contributed by atoms with E-state index < -0.39 is 11.8 Å². The fourth-order valence-electron chi connectivity index (χ4n) is 2.27. The number of hydrogen-bond donors (Lipinski definition) is 3. The average molecular weight is 308 g/mol. The van der Waals surface area contributed by atoms with E-state index >= 15 is 0 Å². The summed E-state index contributed by atoms with van der Waals surface area (Å²) in [5, 5.41) is 12.9. The number of aryl methyl sites for hydroxylation is 1. The highest BCUT2D eigenvalue weighted by Gasteiger charge is 2.15. The molecule has 0 bridgehead atoms. The number of H-pyrrole nitrogens is 1. The highest BCUT2D eigenvalue weighted by molar-refractivity contribution is 6.43. The fourth-order valence-corrected chi connectivity index (χ4v) is 2.27. The third-order valence-electron chi connectivity index (χ3n) is 3.76. The zero-order valence-corrected chi connectivity index (χ0v) is 12.8. The first kappa shape index (κ1) is 14.8. The number of amides is 2. The summed E-state index contributed by atoms with van der Waals surface area (Å²) in [4.78, 5) is 24.1. The van der Waals surface area contributed by atoms with Crippen LogP contribution in [0, 0.1) is 13.8 Å². The number of carbonyl (C=O) groups is 2. The molecule has 0 unspecified atom stereocenters. The maximum absolute atomic E-state index is 12.1. The van der Waals surface area contributed by atoms with Crippen LogP contribution in [0.5, 0.6) is 0 Å². The molecule has 3 N–H and O–H groups in total. The molecule has 23 heavy (non-hydrogen) atoms. The highest BCUT2D eigenvalue weighted by Crippen LogP contribution is 2.19. The van der Waals surface area contributed by atoms with Crippen molar-refractivity contribution in [2.45, 2.75) is 13.8 Å². The minimum atomic E-state index is -0.718. The van der Waals surface area contributed by atoms with E-state index in [-0.39, 0.29) is 0 Å². The van der Waals surface area contributed by atoms with Gasteiger partial charge in [0.25, 0.3) is 0 Å². The van der Waals surface area contributed by atoms with Gasteiger partial charge < -0.3 is 10.6 Å². The Labute approximate surface area is 132 Å². The lowest BCUT2D eigenvalue weighted by Gasteiger charge is -2.10. The zero-order valence-electron chi connectivity index (χ0n) is 12.8. The van der Waals surface area contributed by atoms with Gasteiger partial charge >= 0.3 is 11.8 Å². The van der Waals surface area contributed by atoms with Crippen molar-refractivity contribution in [3.8, 4) is 0 Å². The molecule has 0 radical (unpaired) electrons. The summed E-state index contributed by atoms with van der Waals surface area (Å²) >= 11 is 0. The van der Waals surface area contributed by atoms with Crippen LogP contribution in [0.15, 0.2) is 42.6 Å². The Bertz CT molecular complexity index is 898. The molecule has 1 heterocycles. The number of nitrogens with zero attached hydrogens (tertiary/aromatic N) is 1. The third kappa shape index (κ3) is 3.06. The van der Waals surface area contributed by atoms with Gasteiger partial charge in [0.05, 0.1) is 11.7 Å². The predicted molar refractivity (Wildman–Crippen MR) is 89.3 cm³/mol. The van der Waals surface area contributed by atoms with E-state index in [0.717, 1.165) is 22.0 Å². The Hall–Kier alpha value is -3.15. The first-order valence-corrected chi connectivity index (χ1v) is 7.16. The average Bonchev–Trinajstić information content (AvgIpc) is 2.99. The number of hydrogen-bond acceptors (Lipinski definition) is 3. The molecular weight excluding hydrogens is 292 g/mol. The molecule has 1 aromatic heterocycles. The summed E-state index contributed by atoms with van der Waals surface area (Å²) in [6.07, 6.45) is 1.69. The van der Waals surface area contributed by atoms with Crippen molar-refractivity contribution in [3.63, 3.8) is 0 Å². The van der Waals surface area contributed by atoms with Crippen LogP contribution < -0.4 is 10.6 Å².